The van der Waals surface area contributed by atoms with Gasteiger partial charge in [-0.25, -0.2) is 0 Å². The zero-order chi connectivity index (χ0) is 22.8. The van der Waals surface area contributed by atoms with Gasteiger partial charge >= 0.3 is 35.8 Å². The fourth-order valence-corrected chi connectivity index (χ4v) is 2.13. The SMILES string of the molecule is CCCCCCC(O)CC(F)(F)C(F)(F)C(F)(F)C(F)(F)C(F)(F)C(F)(F)F. The predicted octanol–water partition coefficient (Wildman–Crippen LogP) is 6.45. The van der Waals surface area contributed by atoms with Crippen molar-refractivity contribution in [2.24, 2.45) is 0 Å². The Kier molecular flexibility index (Phi) is 8.14. The first kappa shape index (κ1) is 27.0. The molecule has 0 aliphatic rings. The Hall–Kier alpha value is -0.950. The summed E-state index contributed by atoms with van der Waals surface area (Å²) in [6.45, 7) is 1.73. The first-order valence-electron chi connectivity index (χ1n) is 7.84. The number of unbranched alkanes of at least 4 members (excludes halogenated alkanes) is 3. The summed E-state index contributed by atoms with van der Waals surface area (Å²) in [5, 5.41) is 9.23. The molecule has 0 aromatic rings. The van der Waals surface area contributed by atoms with Crippen molar-refractivity contribution in [3.63, 3.8) is 0 Å². The molecule has 0 aromatic heterocycles. The van der Waals surface area contributed by atoms with Crippen molar-refractivity contribution >= 4 is 0 Å². The second-order valence-corrected chi connectivity index (χ2v) is 6.21. The Balaban J connectivity index is 5.67. The molecule has 0 bridgehead atoms. The zero-order valence-corrected chi connectivity index (χ0v) is 14.2. The highest BCUT2D eigenvalue weighted by Gasteiger charge is 2.90. The van der Waals surface area contributed by atoms with Gasteiger partial charge in [-0.3, -0.25) is 0 Å². The molecule has 0 radical (unpaired) electrons. The third-order valence-electron chi connectivity index (χ3n) is 3.88. The first-order valence-corrected chi connectivity index (χ1v) is 7.84. The maximum Gasteiger partial charge on any atom is 0.460 e. The summed E-state index contributed by atoms with van der Waals surface area (Å²) in [5.41, 5.74) is 0. The molecule has 14 heteroatoms. The molecule has 1 atom stereocenters. The van der Waals surface area contributed by atoms with E-state index in [9.17, 15) is 62.2 Å². The van der Waals surface area contributed by atoms with Crippen molar-refractivity contribution < 1.29 is 62.2 Å². The molecule has 170 valence electrons. The first-order chi connectivity index (χ1) is 12.2. The van der Waals surface area contributed by atoms with Crippen LogP contribution in [0.25, 0.3) is 0 Å². The van der Waals surface area contributed by atoms with E-state index >= 15 is 0 Å². The van der Waals surface area contributed by atoms with E-state index in [1.54, 1.807) is 6.92 Å². The van der Waals surface area contributed by atoms with Crippen LogP contribution in [-0.2, 0) is 0 Å². The average Bonchev–Trinajstić information content (AvgIpc) is 2.49. The third-order valence-corrected chi connectivity index (χ3v) is 3.88. The number of rotatable bonds is 11. The minimum Gasteiger partial charge on any atom is -0.393 e. The summed E-state index contributed by atoms with van der Waals surface area (Å²) in [6, 6.07) is 0. The molecular formula is C14H17F13O. The van der Waals surface area contributed by atoms with Gasteiger partial charge in [-0.1, -0.05) is 32.6 Å². The number of alkyl halides is 13. The van der Waals surface area contributed by atoms with Crippen LogP contribution in [0.3, 0.4) is 0 Å². The molecular weight excluding hydrogens is 431 g/mol. The van der Waals surface area contributed by atoms with Crippen LogP contribution in [0.15, 0.2) is 0 Å². The highest BCUT2D eigenvalue weighted by Crippen LogP contribution is 2.60. The molecule has 0 heterocycles. The van der Waals surface area contributed by atoms with Crippen molar-refractivity contribution in [3.05, 3.63) is 0 Å². The van der Waals surface area contributed by atoms with Crippen LogP contribution in [-0.4, -0.2) is 47.0 Å². The van der Waals surface area contributed by atoms with Gasteiger partial charge in [-0.05, 0) is 6.42 Å². The van der Waals surface area contributed by atoms with E-state index < -0.39 is 54.7 Å². The van der Waals surface area contributed by atoms with Gasteiger partial charge in [0, 0.05) is 6.42 Å². The lowest BCUT2D eigenvalue weighted by Gasteiger charge is -2.40. The largest absolute Gasteiger partial charge is 0.460 e. The monoisotopic (exact) mass is 448 g/mol. The molecule has 1 unspecified atom stereocenters. The molecule has 0 spiro atoms. The predicted molar refractivity (Wildman–Crippen MR) is 70.2 cm³/mol. The fourth-order valence-electron chi connectivity index (χ4n) is 2.13. The standard InChI is InChI=1S/C14H17F13O/c1-2-3-4-5-6-8(28)7-9(15,16)10(17,18)11(19,20)12(21,22)13(23,24)14(25,26)27/h8,28H,2-7H2,1H3. The van der Waals surface area contributed by atoms with Crippen molar-refractivity contribution in [1.29, 1.82) is 0 Å². The number of hydrogen-bond acceptors (Lipinski definition) is 1. The quantitative estimate of drug-likeness (QED) is 0.285. The average molecular weight is 448 g/mol. The van der Waals surface area contributed by atoms with E-state index in [4.69, 9.17) is 0 Å². The lowest BCUT2D eigenvalue weighted by molar-refractivity contribution is -0.440. The topological polar surface area (TPSA) is 20.2 Å². The minimum atomic E-state index is -7.91. The van der Waals surface area contributed by atoms with Gasteiger partial charge < -0.3 is 5.11 Å². The van der Waals surface area contributed by atoms with Gasteiger partial charge in [-0.2, -0.15) is 57.1 Å². The Morgan fingerprint density at radius 3 is 1.43 bits per heavy atom. The van der Waals surface area contributed by atoms with Crippen LogP contribution in [0.2, 0.25) is 0 Å². The van der Waals surface area contributed by atoms with E-state index in [1.165, 1.54) is 0 Å². The normalized spacial score (nSPS) is 16.4. The van der Waals surface area contributed by atoms with E-state index in [1.807, 2.05) is 0 Å². The second kappa shape index (κ2) is 8.42. The summed E-state index contributed by atoms with van der Waals surface area (Å²) in [4.78, 5) is 0. The summed E-state index contributed by atoms with van der Waals surface area (Å²) in [5.74, 6) is -37.0. The highest BCUT2D eigenvalue weighted by molar-refractivity contribution is 5.10. The van der Waals surface area contributed by atoms with Gasteiger partial charge in [0.1, 0.15) is 0 Å². The number of aliphatic hydroxyl groups excluding tert-OH is 1. The van der Waals surface area contributed by atoms with Gasteiger partial charge in [0.05, 0.1) is 6.10 Å². The Labute approximate surface area is 150 Å². The molecule has 1 nitrogen and oxygen atoms in total. The van der Waals surface area contributed by atoms with Crippen molar-refractivity contribution in [1.82, 2.24) is 0 Å². The van der Waals surface area contributed by atoms with Gasteiger partial charge in [0.15, 0.2) is 0 Å². The van der Waals surface area contributed by atoms with E-state index in [2.05, 4.69) is 0 Å². The molecule has 28 heavy (non-hydrogen) atoms. The molecule has 1 N–H and O–H groups in total. The summed E-state index contributed by atoms with van der Waals surface area (Å²) in [7, 11) is 0. The zero-order valence-electron chi connectivity index (χ0n) is 14.2. The Bertz CT molecular complexity index is 498. The second-order valence-electron chi connectivity index (χ2n) is 6.21. The van der Waals surface area contributed by atoms with Crippen LogP contribution in [0, 0.1) is 0 Å². The van der Waals surface area contributed by atoms with Crippen LogP contribution in [0.4, 0.5) is 57.1 Å². The third kappa shape index (κ3) is 4.78. The Morgan fingerprint density at radius 2 is 1.04 bits per heavy atom. The van der Waals surface area contributed by atoms with Crippen LogP contribution in [0.1, 0.15) is 45.4 Å². The van der Waals surface area contributed by atoms with Crippen molar-refractivity contribution in [2.45, 2.75) is 87.3 Å². The number of hydrogen-bond donors (Lipinski definition) is 1. The summed E-state index contributed by atoms with van der Waals surface area (Å²) < 4.78 is 167. The molecule has 0 fully saturated rings. The van der Waals surface area contributed by atoms with E-state index in [-0.39, 0.29) is 6.42 Å². The maximum absolute atomic E-state index is 13.5. The maximum atomic E-state index is 13.5. The number of halogens is 13. The molecule has 0 aromatic carbocycles. The minimum absolute atomic E-state index is 0.0324. The molecule has 0 rings (SSSR count). The highest BCUT2D eigenvalue weighted by atomic mass is 19.4. The van der Waals surface area contributed by atoms with Gasteiger partial charge in [0.25, 0.3) is 0 Å². The van der Waals surface area contributed by atoms with Crippen LogP contribution in [0.5, 0.6) is 0 Å². The Morgan fingerprint density at radius 1 is 0.607 bits per heavy atom. The molecule has 0 amide bonds. The van der Waals surface area contributed by atoms with Crippen molar-refractivity contribution in [3.8, 4) is 0 Å². The lowest BCUT2D eigenvalue weighted by Crippen LogP contribution is -2.70. The van der Waals surface area contributed by atoms with Crippen LogP contribution < -0.4 is 0 Å². The molecule has 0 saturated heterocycles. The van der Waals surface area contributed by atoms with Gasteiger partial charge in [-0.15, -0.1) is 0 Å². The molecule has 0 saturated carbocycles. The summed E-state index contributed by atoms with van der Waals surface area (Å²) >= 11 is 0. The van der Waals surface area contributed by atoms with Crippen molar-refractivity contribution in [2.75, 3.05) is 0 Å². The lowest BCUT2D eigenvalue weighted by atomic mass is 9.90. The summed E-state index contributed by atoms with van der Waals surface area (Å²) in [6.07, 6.45) is -11.6. The molecule has 0 aliphatic heterocycles. The fraction of sp³-hybridized carbons (Fsp3) is 1.00. The van der Waals surface area contributed by atoms with Gasteiger partial charge in [0.2, 0.25) is 0 Å². The smallest absolute Gasteiger partial charge is 0.393 e. The number of aliphatic hydroxyl groups is 1. The van der Waals surface area contributed by atoms with Crippen LogP contribution >= 0.6 is 0 Å². The molecule has 0 aliphatic carbocycles. The van der Waals surface area contributed by atoms with E-state index in [0.717, 1.165) is 0 Å². The van der Waals surface area contributed by atoms with E-state index in [0.29, 0.717) is 19.3 Å².